The van der Waals surface area contributed by atoms with Crippen LogP contribution in [0.3, 0.4) is 0 Å². The average molecular weight is 324 g/mol. The van der Waals surface area contributed by atoms with Crippen molar-refractivity contribution in [1.82, 2.24) is 0 Å². The Bertz CT molecular complexity index is 661. The maximum Gasteiger partial charge on any atom is 0.274 e. The van der Waals surface area contributed by atoms with Gasteiger partial charge < -0.3 is 9.47 Å². The summed E-state index contributed by atoms with van der Waals surface area (Å²) in [6, 6.07) is 9.74. The minimum Gasteiger partial charge on any atom is -0.491 e. The predicted octanol–water partition coefficient (Wildman–Crippen LogP) is 5.15. The van der Waals surface area contributed by atoms with Gasteiger partial charge in [0.1, 0.15) is 0 Å². The fourth-order valence-electron chi connectivity index (χ4n) is 2.44. The lowest BCUT2D eigenvalue weighted by Crippen LogP contribution is -2.13. The first kappa shape index (κ1) is 17.3. The normalized spacial score (nSPS) is 11.6. The smallest absolute Gasteiger partial charge is 0.274 e. The van der Waals surface area contributed by atoms with Crippen molar-refractivity contribution in [3.8, 4) is 16.9 Å². The zero-order valence-electron chi connectivity index (χ0n) is 13.3. The van der Waals surface area contributed by atoms with E-state index < -0.39 is 17.3 Å². The van der Waals surface area contributed by atoms with Crippen LogP contribution in [-0.2, 0) is 17.3 Å². The molecule has 2 aromatic rings. The number of halogens is 3. The largest absolute Gasteiger partial charge is 0.491 e. The SMILES string of the molecule is CCOc1ccc(-c2ccc(COC)cc2)c(C(C)(F)F)c1F. The van der Waals surface area contributed by atoms with Crippen molar-refractivity contribution in [2.24, 2.45) is 0 Å². The monoisotopic (exact) mass is 324 g/mol. The summed E-state index contributed by atoms with van der Waals surface area (Å²) in [5, 5.41) is 0. The molecule has 5 heteroatoms. The fraction of sp³-hybridized carbons (Fsp3) is 0.333. The molecule has 0 spiro atoms. The highest BCUT2D eigenvalue weighted by Gasteiger charge is 2.33. The van der Waals surface area contributed by atoms with Crippen molar-refractivity contribution in [1.29, 1.82) is 0 Å². The van der Waals surface area contributed by atoms with E-state index in [-0.39, 0.29) is 17.9 Å². The summed E-state index contributed by atoms with van der Waals surface area (Å²) in [6.45, 7) is 2.99. The first-order valence-corrected chi connectivity index (χ1v) is 7.30. The molecule has 0 saturated heterocycles. The number of hydrogen-bond donors (Lipinski definition) is 0. The lowest BCUT2D eigenvalue weighted by atomic mass is 9.94. The Kier molecular flexibility index (Phi) is 5.31. The molecule has 0 radical (unpaired) electrons. The molecule has 0 aliphatic rings. The van der Waals surface area contributed by atoms with Gasteiger partial charge in [0, 0.05) is 14.0 Å². The van der Waals surface area contributed by atoms with Crippen LogP contribution >= 0.6 is 0 Å². The van der Waals surface area contributed by atoms with E-state index >= 15 is 0 Å². The van der Waals surface area contributed by atoms with Crippen molar-refractivity contribution in [2.45, 2.75) is 26.4 Å². The molecule has 0 amide bonds. The average Bonchev–Trinajstić information content (AvgIpc) is 2.49. The van der Waals surface area contributed by atoms with E-state index in [0.29, 0.717) is 19.1 Å². The Hall–Kier alpha value is -2.01. The van der Waals surface area contributed by atoms with Crippen LogP contribution in [0.5, 0.6) is 5.75 Å². The predicted molar refractivity (Wildman–Crippen MR) is 83.3 cm³/mol. The molecular weight excluding hydrogens is 305 g/mol. The maximum absolute atomic E-state index is 14.5. The summed E-state index contributed by atoms with van der Waals surface area (Å²) >= 11 is 0. The molecule has 0 atom stereocenters. The van der Waals surface area contributed by atoms with E-state index in [1.54, 1.807) is 38.3 Å². The van der Waals surface area contributed by atoms with E-state index in [4.69, 9.17) is 9.47 Å². The summed E-state index contributed by atoms with van der Waals surface area (Å²) in [5.41, 5.74) is 0.932. The summed E-state index contributed by atoms with van der Waals surface area (Å²) in [7, 11) is 1.57. The van der Waals surface area contributed by atoms with Gasteiger partial charge in [-0.25, -0.2) is 13.2 Å². The Morgan fingerprint density at radius 3 is 2.22 bits per heavy atom. The molecule has 0 aliphatic heterocycles. The van der Waals surface area contributed by atoms with Gasteiger partial charge in [-0.2, -0.15) is 0 Å². The Balaban J connectivity index is 2.55. The van der Waals surface area contributed by atoms with Crippen LogP contribution in [0.4, 0.5) is 13.2 Å². The van der Waals surface area contributed by atoms with Crippen molar-refractivity contribution >= 4 is 0 Å². The first-order chi connectivity index (χ1) is 10.9. The summed E-state index contributed by atoms with van der Waals surface area (Å²) in [5.74, 6) is -4.50. The molecular formula is C18H19F3O2. The lowest BCUT2D eigenvalue weighted by molar-refractivity contribution is 0.0139. The second kappa shape index (κ2) is 7.04. The highest BCUT2D eigenvalue weighted by atomic mass is 19.3. The molecule has 2 rings (SSSR count). The van der Waals surface area contributed by atoms with Crippen molar-refractivity contribution in [2.75, 3.05) is 13.7 Å². The van der Waals surface area contributed by atoms with E-state index in [0.717, 1.165) is 5.56 Å². The third-order valence-electron chi connectivity index (χ3n) is 3.42. The van der Waals surface area contributed by atoms with E-state index in [9.17, 15) is 13.2 Å². The Labute approximate surface area is 133 Å². The third kappa shape index (κ3) is 3.85. The van der Waals surface area contributed by atoms with Gasteiger partial charge in [0.25, 0.3) is 5.92 Å². The second-order valence-electron chi connectivity index (χ2n) is 5.25. The van der Waals surface area contributed by atoms with Gasteiger partial charge in [-0.15, -0.1) is 0 Å². The van der Waals surface area contributed by atoms with Crippen LogP contribution in [-0.4, -0.2) is 13.7 Å². The van der Waals surface area contributed by atoms with Crippen LogP contribution in [0.25, 0.3) is 11.1 Å². The minimum absolute atomic E-state index is 0.155. The van der Waals surface area contributed by atoms with Gasteiger partial charge in [0.2, 0.25) is 0 Å². The van der Waals surface area contributed by atoms with Crippen molar-refractivity contribution in [3.05, 3.63) is 53.3 Å². The van der Waals surface area contributed by atoms with Crippen molar-refractivity contribution in [3.63, 3.8) is 0 Å². The molecule has 0 unspecified atom stereocenters. The zero-order valence-corrected chi connectivity index (χ0v) is 13.3. The molecule has 23 heavy (non-hydrogen) atoms. The Morgan fingerprint density at radius 2 is 1.70 bits per heavy atom. The van der Waals surface area contributed by atoms with Gasteiger partial charge in [-0.05, 0) is 35.7 Å². The number of alkyl halides is 2. The van der Waals surface area contributed by atoms with Crippen LogP contribution < -0.4 is 4.74 Å². The molecule has 0 aliphatic carbocycles. The quantitative estimate of drug-likeness (QED) is 0.731. The van der Waals surface area contributed by atoms with Gasteiger partial charge in [-0.3, -0.25) is 0 Å². The summed E-state index contributed by atoms with van der Waals surface area (Å²) < 4.78 is 52.5. The summed E-state index contributed by atoms with van der Waals surface area (Å²) in [4.78, 5) is 0. The van der Waals surface area contributed by atoms with Gasteiger partial charge in [0.05, 0.1) is 18.8 Å². The van der Waals surface area contributed by atoms with Crippen molar-refractivity contribution < 1.29 is 22.6 Å². The summed E-state index contributed by atoms with van der Waals surface area (Å²) in [6.07, 6.45) is 0. The zero-order chi connectivity index (χ0) is 17.0. The van der Waals surface area contributed by atoms with Gasteiger partial charge >= 0.3 is 0 Å². The second-order valence-corrected chi connectivity index (χ2v) is 5.25. The highest BCUT2D eigenvalue weighted by Crippen LogP contribution is 2.40. The van der Waals surface area contributed by atoms with E-state index in [2.05, 4.69) is 0 Å². The minimum atomic E-state index is -3.32. The molecule has 2 aromatic carbocycles. The topological polar surface area (TPSA) is 18.5 Å². The first-order valence-electron chi connectivity index (χ1n) is 7.30. The number of rotatable bonds is 6. The van der Waals surface area contributed by atoms with Gasteiger partial charge in [-0.1, -0.05) is 24.3 Å². The van der Waals surface area contributed by atoms with Crippen LogP contribution in [0, 0.1) is 5.82 Å². The van der Waals surface area contributed by atoms with Crippen LogP contribution in [0.1, 0.15) is 25.0 Å². The molecule has 0 fully saturated rings. The molecule has 0 bridgehead atoms. The molecule has 2 nitrogen and oxygen atoms in total. The number of methoxy groups -OCH3 is 1. The standard InChI is InChI=1S/C18H19F3O2/c1-4-23-15-10-9-14(16(17(15)19)18(2,20)21)13-7-5-12(6-8-13)11-22-3/h5-10H,4,11H2,1-3H3. The Morgan fingerprint density at radius 1 is 1.04 bits per heavy atom. The highest BCUT2D eigenvalue weighted by molar-refractivity contribution is 5.70. The number of hydrogen-bond acceptors (Lipinski definition) is 2. The number of ether oxygens (including phenoxy) is 2. The molecule has 0 saturated carbocycles. The molecule has 0 heterocycles. The number of benzene rings is 2. The fourth-order valence-corrected chi connectivity index (χ4v) is 2.44. The lowest BCUT2D eigenvalue weighted by Gasteiger charge is -2.19. The molecule has 0 N–H and O–H groups in total. The third-order valence-corrected chi connectivity index (χ3v) is 3.42. The van der Waals surface area contributed by atoms with E-state index in [1.165, 1.54) is 12.1 Å². The van der Waals surface area contributed by atoms with Crippen LogP contribution in [0.2, 0.25) is 0 Å². The van der Waals surface area contributed by atoms with Gasteiger partial charge in [0.15, 0.2) is 11.6 Å². The molecule has 0 aromatic heterocycles. The van der Waals surface area contributed by atoms with E-state index in [1.807, 2.05) is 0 Å². The molecule has 124 valence electrons. The van der Waals surface area contributed by atoms with Crippen LogP contribution in [0.15, 0.2) is 36.4 Å². The maximum atomic E-state index is 14.5.